The summed E-state index contributed by atoms with van der Waals surface area (Å²) in [6, 6.07) is 0. The van der Waals surface area contributed by atoms with Crippen LogP contribution in [0.3, 0.4) is 0 Å². The highest BCUT2D eigenvalue weighted by molar-refractivity contribution is 8.15. The number of carbonyl (C=O) groups excluding carboxylic acids is 4. The third-order valence-electron chi connectivity index (χ3n) is 11.6. The highest BCUT2D eigenvalue weighted by Crippen LogP contribution is 2.39. The number of hydrogen-bond donors (Lipinski definition) is 2. The Morgan fingerprint density at radius 1 is 0.424 bits per heavy atom. The fourth-order valence-electron chi connectivity index (χ4n) is 7.73. The SMILES string of the molecule is CC1(C)N=C(SCC(=O)OCCCCOC(=O)CSC2=NC(C)(C)NC2(C)C)C(C)(C)N1.CN1C(C)(C)N=C(SCC(=O)OCCCCOC(=O)CSC2=NC(C)(C)N(C)C2(C)C)C1(C)C. The summed E-state index contributed by atoms with van der Waals surface area (Å²) in [5.74, 6) is -0.0775. The van der Waals surface area contributed by atoms with E-state index in [4.69, 9.17) is 28.9 Å². The molecule has 66 heavy (non-hydrogen) atoms. The zero-order valence-corrected chi connectivity index (χ0v) is 46.3. The van der Waals surface area contributed by atoms with Crippen molar-refractivity contribution in [3.05, 3.63) is 0 Å². The van der Waals surface area contributed by atoms with Gasteiger partial charge in [-0.3, -0.25) is 59.6 Å². The summed E-state index contributed by atoms with van der Waals surface area (Å²) in [5.41, 5.74) is -2.10. The molecule has 0 aromatic heterocycles. The van der Waals surface area contributed by atoms with Crippen molar-refractivity contribution in [2.45, 2.75) is 181 Å². The number of unbranched alkanes of at least 4 members (excludes halogenated alkanes) is 2. The standard InChI is InChI=1S/C24H42N4O4S2.C22H38N4O4S2/c1-21(2)19(25-23(5,6)27(21)9)33-15-17(29)31-13-11-12-14-32-18(30)16-34-20-22(3,4)28(10)24(7,8)26-20;1-19(2)17(23-21(5,6)25-19)31-13-15(27)29-11-9-10-12-30-16(28)14-32-18-20(3,4)26-22(7,8)24-18/h11-16H2,1-10H3;25-26H,9-14H2,1-8H3. The molecule has 4 rings (SSSR count). The van der Waals surface area contributed by atoms with Crippen molar-refractivity contribution in [3.63, 3.8) is 0 Å². The lowest BCUT2D eigenvalue weighted by Gasteiger charge is -2.36. The van der Waals surface area contributed by atoms with E-state index < -0.39 is 0 Å². The average molecular weight is 1000 g/mol. The maximum Gasteiger partial charge on any atom is 0.316 e. The highest BCUT2D eigenvalue weighted by Gasteiger charge is 2.46. The summed E-state index contributed by atoms with van der Waals surface area (Å²) >= 11 is 5.72. The molecule has 0 spiro atoms. The van der Waals surface area contributed by atoms with Gasteiger partial charge in [-0.05, 0) is 151 Å². The molecule has 0 unspecified atom stereocenters. The van der Waals surface area contributed by atoms with E-state index in [0.29, 0.717) is 52.1 Å². The Labute approximate surface area is 412 Å². The van der Waals surface area contributed by atoms with Gasteiger partial charge in [0.2, 0.25) is 0 Å². The number of nitrogens with one attached hydrogen (secondary N) is 2. The summed E-state index contributed by atoms with van der Waals surface area (Å²) in [5, 5.41) is 10.6. The fraction of sp³-hybridized carbons (Fsp3) is 0.826. The number of esters is 4. The van der Waals surface area contributed by atoms with Crippen LogP contribution in [0.4, 0.5) is 0 Å². The Kier molecular flexibility index (Phi) is 20.4. The molecule has 20 heteroatoms. The Bertz CT molecular complexity index is 1740. The largest absolute Gasteiger partial charge is 0.465 e. The van der Waals surface area contributed by atoms with Crippen LogP contribution >= 0.6 is 47.0 Å². The summed E-state index contributed by atoms with van der Waals surface area (Å²) < 4.78 is 21.2. The maximum atomic E-state index is 12.1. The number of aliphatic imine (C=N–C) groups is 4. The second kappa shape index (κ2) is 23.1. The lowest BCUT2D eigenvalue weighted by molar-refractivity contribution is -0.142. The quantitative estimate of drug-likeness (QED) is 0.0786. The second-order valence-corrected chi connectivity index (χ2v) is 24.8. The molecule has 0 aromatic carbocycles. The molecule has 0 fully saturated rings. The number of thioether (sulfide) groups is 4. The molecule has 4 aliphatic heterocycles. The number of hydrogen-bond acceptors (Lipinski definition) is 20. The van der Waals surface area contributed by atoms with Gasteiger partial charge in [0, 0.05) is 0 Å². The Morgan fingerprint density at radius 2 is 0.667 bits per heavy atom. The normalized spacial score (nSPS) is 22.6. The summed E-state index contributed by atoms with van der Waals surface area (Å²) in [4.78, 5) is 71.4. The highest BCUT2D eigenvalue weighted by atomic mass is 32.2. The molecule has 0 atom stereocenters. The van der Waals surface area contributed by atoms with Crippen molar-refractivity contribution >= 4 is 91.1 Å². The van der Waals surface area contributed by atoms with Gasteiger partial charge in [-0.15, -0.1) is 0 Å². The van der Waals surface area contributed by atoms with Crippen LogP contribution in [0, 0.1) is 0 Å². The predicted octanol–water partition coefficient (Wildman–Crippen LogP) is 7.39. The molecular weight excluding hydrogens is 921 g/mol. The van der Waals surface area contributed by atoms with Crippen LogP contribution < -0.4 is 10.6 Å². The second-order valence-electron chi connectivity index (χ2n) is 21.0. The van der Waals surface area contributed by atoms with Crippen molar-refractivity contribution in [1.82, 2.24) is 20.4 Å². The number of carbonyl (C=O) groups is 4. The van der Waals surface area contributed by atoms with Crippen molar-refractivity contribution < 1.29 is 38.1 Å². The van der Waals surface area contributed by atoms with Gasteiger partial charge < -0.3 is 18.9 Å². The van der Waals surface area contributed by atoms with E-state index in [-0.39, 0.29) is 91.7 Å². The van der Waals surface area contributed by atoms with Gasteiger partial charge in [-0.25, -0.2) is 0 Å². The Balaban J connectivity index is 0.000000351. The minimum Gasteiger partial charge on any atom is -0.465 e. The number of nitrogens with zero attached hydrogens (tertiary/aromatic N) is 6. The van der Waals surface area contributed by atoms with Gasteiger partial charge in [0.25, 0.3) is 0 Å². The molecule has 376 valence electrons. The molecular formula is C46H80N8O8S4. The topological polar surface area (TPSA) is 185 Å². The molecule has 0 amide bonds. The van der Waals surface area contributed by atoms with E-state index in [1.54, 1.807) is 0 Å². The predicted molar refractivity (Wildman–Crippen MR) is 276 cm³/mol. The third-order valence-corrected chi connectivity index (χ3v) is 16.6. The first-order valence-electron chi connectivity index (χ1n) is 22.8. The van der Waals surface area contributed by atoms with Crippen molar-refractivity contribution in [2.75, 3.05) is 63.5 Å². The molecule has 0 saturated heterocycles. The molecule has 16 nitrogen and oxygen atoms in total. The minimum atomic E-state index is -0.320. The molecule has 0 radical (unpaired) electrons. The molecule has 2 N–H and O–H groups in total. The van der Waals surface area contributed by atoms with E-state index in [9.17, 15) is 19.2 Å². The van der Waals surface area contributed by atoms with Gasteiger partial charge in [-0.1, -0.05) is 47.0 Å². The van der Waals surface area contributed by atoms with Gasteiger partial charge in [-0.2, -0.15) is 0 Å². The van der Waals surface area contributed by atoms with Crippen molar-refractivity contribution in [3.8, 4) is 0 Å². The minimum absolute atomic E-state index is 0.206. The van der Waals surface area contributed by atoms with E-state index >= 15 is 0 Å². The molecule has 0 aromatic rings. The maximum absolute atomic E-state index is 12.1. The van der Waals surface area contributed by atoms with Crippen LogP contribution in [0.25, 0.3) is 0 Å². The summed E-state index contributed by atoms with van der Waals surface area (Å²) in [6.07, 6.45) is 2.60. The van der Waals surface area contributed by atoms with Crippen molar-refractivity contribution in [2.24, 2.45) is 20.0 Å². The van der Waals surface area contributed by atoms with E-state index in [0.717, 1.165) is 20.2 Å². The van der Waals surface area contributed by atoms with E-state index in [1.807, 2.05) is 41.8 Å². The van der Waals surface area contributed by atoms with Crippen LogP contribution in [-0.4, -0.2) is 162 Å². The first-order valence-corrected chi connectivity index (χ1v) is 26.7. The lowest BCUT2D eigenvalue weighted by Crippen LogP contribution is -2.49. The molecule has 4 aliphatic rings. The lowest BCUT2D eigenvalue weighted by atomic mass is 10.0. The van der Waals surface area contributed by atoms with Crippen LogP contribution in [0.1, 0.15) is 136 Å². The van der Waals surface area contributed by atoms with Crippen LogP contribution in [0.2, 0.25) is 0 Å². The zero-order valence-electron chi connectivity index (χ0n) is 43.1. The molecule has 0 aliphatic carbocycles. The van der Waals surface area contributed by atoms with Gasteiger partial charge >= 0.3 is 23.9 Å². The first-order chi connectivity index (χ1) is 30.1. The van der Waals surface area contributed by atoms with E-state index in [2.05, 4.69) is 114 Å². The van der Waals surface area contributed by atoms with Gasteiger partial charge in [0.05, 0.1) is 91.8 Å². The van der Waals surface area contributed by atoms with Crippen LogP contribution in [0.15, 0.2) is 20.0 Å². The third kappa shape index (κ3) is 17.0. The molecule has 0 saturated carbocycles. The summed E-state index contributed by atoms with van der Waals surface area (Å²) in [6.45, 7) is 34.2. The smallest absolute Gasteiger partial charge is 0.316 e. The Morgan fingerprint density at radius 3 is 0.864 bits per heavy atom. The zero-order chi connectivity index (χ0) is 50.2. The fourth-order valence-corrected chi connectivity index (χ4v) is 12.0. The van der Waals surface area contributed by atoms with Crippen LogP contribution in [0.5, 0.6) is 0 Å². The molecule has 4 heterocycles. The van der Waals surface area contributed by atoms with Gasteiger partial charge in [0.1, 0.15) is 22.7 Å². The Hall–Kier alpha value is -2.20. The molecule has 0 bridgehead atoms. The number of rotatable bonds is 18. The first kappa shape index (κ1) is 58.1. The van der Waals surface area contributed by atoms with Crippen molar-refractivity contribution in [1.29, 1.82) is 0 Å². The van der Waals surface area contributed by atoms with Gasteiger partial charge in [0.15, 0.2) is 0 Å². The summed E-state index contributed by atoms with van der Waals surface area (Å²) in [7, 11) is 4.09. The monoisotopic (exact) mass is 1000 g/mol. The van der Waals surface area contributed by atoms with Crippen LogP contribution in [-0.2, 0) is 38.1 Å². The van der Waals surface area contributed by atoms with E-state index in [1.165, 1.54) is 47.0 Å². The number of ether oxygens (including phenoxy) is 4. The average Bonchev–Trinajstić information content (AvgIpc) is 3.68.